The minimum absolute atomic E-state index is 0.00377. The van der Waals surface area contributed by atoms with E-state index in [0.29, 0.717) is 30.4 Å². The smallest absolute Gasteiger partial charge is 0.246 e. The van der Waals surface area contributed by atoms with Gasteiger partial charge in [-0.25, -0.2) is 0 Å². The highest BCUT2D eigenvalue weighted by Crippen LogP contribution is 2.23. The quantitative estimate of drug-likeness (QED) is 0.729. The third-order valence-electron chi connectivity index (χ3n) is 3.03. The Labute approximate surface area is 133 Å². The summed E-state index contributed by atoms with van der Waals surface area (Å²) in [6.07, 6.45) is 0.715. The monoisotopic (exact) mass is 321 g/mol. The van der Waals surface area contributed by atoms with E-state index < -0.39 is 0 Å². The highest BCUT2D eigenvalue weighted by molar-refractivity contribution is 8.00. The molecule has 2 aromatic rings. The fraction of sp³-hybridized carbons (Fsp3) is 0.400. The molecule has 0 aliphatic rings. The number of carbonyl (C=O) groups excluding carboxylic acids is 1. The van der Waals surface area contributed by atoms with Crippen molar-refractivity contribution < 1.29 is 14.1 Å². The van der Waals surface area contributed by atoms with Gasteiger partial charge in [-0.3, -0.25) is 4.79 Å². The van der Waals surface area contributed by atoms with E-state index >= 15 is 0 Å². The molecule has 0 bridgehead atoms. The number of methoxy groups -OCH3 is 1. The van der Waals surface area contributed by atoms with Gasteiger partial charge in [-0.15, -0.1) is 11.8 Å². The summed E-state index contributed by atoms with van der Waals surface area (Å²) in [5.41, 5.74) is 0. The van der Waals surface area contributed by atoms with Crippen LogP contribution in [0.5, 0.6) is 5.75 Å². The summed E-state index contributed by atoms with van der Waals surface area (Å²) >= 11 is 1.47. The minimum Gasteiger partial charge on any atom is -0.497 e. The number of thioether (sulfide) groups is 1. The van der Waals surface area contributed by atoms with Crippen molar-refractivity contribution in [3.8, 4) is 5.75 Å². The fourth-order valence-corrected chi connectivity index (χ4v) is 2.62. The number of hydrogen-bond acceptors (Lipinski definition) is 6. The molecule has 118 valence electrons. The molecule has 0 saturated carbocycles. The Bertz CT molecular complexity index is 630. The van der Waals surface area contributed by atoms with Gasteiger partial charge in [-0.05, 0) is 18.2 Å². The van der Waals surface area contributed by atoms with Crippen LogP contribution in [0.15, 0.2) is 33.7 Å². The minimum atomic E-state index is 0.00377. The number of hydrogen-bond donors (Lipinski definition) is 0. The van der Waals surface area contributed by atoms with Gasteiger partial charge in [-0.2, -0.15) is 4.98 Å². The molecule has 0 aliphatic carbocycles. The zero-order chi connectivity index (χ0) is 15.9. The SMILES string of the molecule is CCc1noc(CN(C)C(=O)CSc2cccc(OC)c2)n1. The summed E-state index contributed by atoms with van der Waals surface area (Å²) in [5.74, 6) is 2.24. The van der Waals surface area contributed by atoms with Crippen LogP contribution in [0.1, 0.15) is 18.6 Å². The van der Waals surface area contributed by atoms with E-state index in [2.05, 4.69) is 10.1 Å². The predicted molar refractivity (Wildman–Crippen MR) is 83.9 cm³/mol. The topological polar surface area (TPSA) is 68.5 Å². The molecule has 0 atom stereocenters. The molecule has 0 fully saturated rings. The van der Waals surface area contributed by atoms with E-state index in [9.17, 15) is 4.79 Å². The number of nitrogens with zero attached hydrogens (tertiary/aromatic N) is 3. The molecule has 0 saturated heterocycles. The standard InChI is InChI=1S/C15H19N3O3S/c1-4-13-16-14(21-17-13)9-18(2)15(19)10-22-12-7-5-6-11(8-12)20-3/h5-8H,4,9-10H2,1-3H3. The first kappa shape index (κ1) is 16.4. The maximum atomic E-state index is 12.1. The summed E-state index contributed by atoms with van der Waals surface area (Å²) in [5, 5.41) is 3.82. The Morgan fingerprint density at radius 3 is 2.95 bits per heavy atom. The van der Waals surface area contributed by atoms with E-state index in [-0.39, 0.29) is 5.91 Å². The lowest BCUT2D eigenvalue weighted by atomic mass is 10.3. The van der Waals surface area contributed by atoms with Gasteiger partial charge in [0.2, 0.25) is 11.8 Å². The second-order valence-corrected chi connectivity index (χ2v) is 5.72. The summed E-state index contributed by atoms with van der Waals surface area (Å²) in [6.45, 7) is 2.28. The summed E-state index contributed by atoms with van der Waals surface area (Å²) in [4.78, 5) is 18.9. The first-order chi connectivity index (χ1) is 10.6. The van der Waals surface area contributed by atoms with Crippen LogP contribution < -0.4 is 4.74 Å². The maximum absolute atomic E-state index is 12.1. The van der Waals surface area contributed by atoms with Crippen molar-refractivity contribution in [3.05, 3.63) is 36.0 Å². The lowest BCUT2D eigenvalue weighted by Gasteiger charge is -2.14. The normalized spacial score (nSPS) is 10.5. The van der Waals surface area contributed by atoms with Gasteiger partial charge in [0.15, 0.2) is 5.82 Å². The highest BCUT2D eigenvalue weighted by atomic mass is 32.2. The maximum Gasteiger partial charge on any atom is 0.246 e. The van der Waals surface area contributed by atoms with E-state index in [4.69, 9.17) is 9.26 Å². The van der Waals surface area contributed by atoms with Gasteiger partial charge in [0.05, 0.1) is 19.4 Å². The van der Waals surface area contributed by atoms with Crippen LogP contribution in [0, 0.1) is 0 Å². The van der Waals surface area contributed by atoms with Crippen molar-refractivity contribution >= 4 is 17.7 Å². The first-order valence-electron chi connectivity index (χ1n) is 6.94. The van der Waals surface area contributed by atoms with Gasteiger partial charge in [0, 0.05) is 18.4 Å². The Morgan fingerprint density at radius 1 is 1.45 bits per heavy atom. The van der Waals surface area contributed by atoms with Crippen LogP contribution in [0.25, 0.3) is 0 Å². The molecule has 2 rings (SSSR count). The number of aryl methyl sites for hydroxylation is 1. The average Bonchev–Trinajstić information content (AvgIpc) is 3.00. The third kappa shape index (κ3) is 4.49. The molecule has 0 unspecified atom stereocenters. The molecule has 1 heterocycles. The largest absolute Gasteiger partial charge is 0.497 e. The molecular weight excluding hydrogens is 302 g/mol. The van der Waals surface area contributed by atoms with Gasteiger partial charge in [-0.1, -0.05) is 18.1 Å². The van der Waals surface area contributed by atoms with Crippen LogP contribution >= 0.6 is 11.8 Å². The van der Waals surface area contributed by atoms with Gasteiger partial charge < -0.3 is 14.2 Å². The molecule has 0 aliphatic heterocycles. The first-order valence-corrected chi connectivity index (χ1v) is 7.93. The molecule has 0 N–H and O–H groups in total. The molecule has 1 aromatic heterocycles. The summed E-state index contributed by atoms with van der Waals surface area (Å²) in [6, 6.07) is 7.63. The van der Waals surface area contributed by atoms with Crippen LogP contribution in [0.4, 0.5) is 0 Å². The van der Waals surface area contributed by atoms with Crippen LogP contribution in [-0.2, 0) is 17.8 Å². The van der Waals surface area contributed by atoms with Crippen LogP contribution in [0.2, 0.25) is 0 Å². The second-order valence-electron chi connectivity index (χ2n) is 4.68. The van der Waals surface area contributed by atoms with Crippen molar-refractivity contribution in [1.82, 2.24) is 15.0 Å². The lowest BCUT2D eigenvalue weighted by molar-refractivity contribution is -0.127. The number of benzene rings is 1. The fourth-order valence-electron chi connectivity index (χ4n) is 1.74. The Hall–Kier alpha value is -2.02. The molecule has 7 heteroatoms. The zero-order valence-corrected chi connectivity index (χ0v) is 13.7. The predicted octanol–water partition coefficient (Wildman–Crippen LogP) is 2.39. The summed E-state index contributed by atoms with van der Waals surface area (Å²) in [7, 11) is 3.35. The van der Waals surface area contributed by atoms with Gasteiger partial charge in [0.25, 0.3) is 0 Å². The Kier molecular flexibility index (Phi) is 5.83. The Balaban J connectivity index is 1.85. The molecule has 1 amide bonds. The Morgan fingerprint density at radius 2 is 2.27 bits per heavy atom. The van der Waals surface area contributed by atoms with E-state index in [1.807, 2.05) is 31.2 Å². The van der Waals surface area contributed by atoms with E-state index in [1.165, 1.54) is 11.8 Å². The molecule has 6 nitrogen and oxygen atoms in total. The molecule has 1 aromatic carbocycles. The van der Waals surface area contributed by atoms with E-state index in [1.54, 1.807) is 19.1 Å². The lowest BCUT2D eigenvalue weighted by Crippen LogP contribution is -2.27. The van der Waals surface area contributed by atoms with Crippen molar-refractivity contribution in [3.63, 3.8) is 0 Å². The second kappa shape index (κ2) is 7.84. The molecular formula is C15H19N3O3S. The number of amides is 1. The van der Waals surface area contributed by atoms with Crippen molar-refractivity contribution in [2.45, 2.75) is 24.8 Å². The van der Waals surface area contributed by atoms with Crippen molar-refractivity contribution in [2.75, 3.05) is 19.9 Å². The number of rotatable bonds is 7. The number of carbonyl (C=O) groups is 1. The van der Waals surface area contributed by atoms with Gasteiger partial charge in [0.1, 0.15) is 5.75 Å². The van der Waals surface area contributed by atoms with Crippen molar-refractivity contribution in [1.29, 1.82) is 0 Å². The van der Waals surface area contributed by atoms with Gasteiger partial charge >= 0.3 is 0 Å². The average molecular weight is 321 g/mol. The van der Waals surface area contributed by atoms with Crippen LogP contribution in [-0.4, -0.2) is 40.9 Å². The molecule has 0 spiro atoms. The number of ether oxygens (including phenoxy) is 1. The van der Waals surface area contributed by atoms with E-state index in [0.717, 1.165) is 10.6 Å². The third-order valence-corrected chi connectivity index (χ3v) is 4.01. The number of aromatic nitrogens is 2. The highest BCUT2D eigenvalue weighted by Gasteiger charge is 2.14. The zero-order valence-electron chi connectivity index (χ0n) is 12.9. The van der Waals surface area contributed by atoms with Crippen LogP contribution in [0.3, 0.4) is 0 Å². The molecule has 22 heavy (non-hydrogen) atoms. The molecule has 0 radical (unpaired) electrons. The summed E-state index contributed by atoms with van der Waals surface area (Å²) < 4.78 is 10.3. The van der Waals surface area contributed by atoms with Crippen molar-refractivity contribution in [2.24, 2.45) is 0 Å².